The normalized spacial score (nSPS) is 16.3. The predicted molar refractivity (Wildman–Crippen MR) is 144 cm³/mol. The van der Waals surface area contributed by atoms with Crippen molar-refractivity contribution in [3.05, 3.63) is 77.1 Å². The third-order valence-corrected chi connectivity index (χ3v) is 6.79. The predicted octanol–water partition coefficient (Wildman–Crippen LogP) is 3.68. The number of anilines is 1. The minimum absolute atomic E-state index is 0.0393. The Balaban J connectivity index is 1.67. The number of ether oxygens (including phenoxy) is 3. The molecule has 0 aliphatic carbocycles. The van der Waals surface area contributed by atoms with Gasteiger partial charge in [-0.15, -0.1) is 17.9 Å². The molecule has 0 unspecified atom stereocenters. The van der Waals surface area contributed by atoms with Crippen LogP contribution in [0.25, 0.3) is 0 Å². The minimum atomic E-state index is -1.38. The average molecular weight is 557 g/mol. The SMILES string of the molecule is C=C[C@]1(CC(=O)Nc2nccs2)NCCc2cc(OCCOCCN)c(Oc3ccc(C(=O)O)c(F)c3)cc21. The standard InChI is InChI=1S/C27H29FN4O6S/c1-2-27(16-24(33)32-26-30-8-12-39-26)20-15-23(38-18-3-4-19(25(34)35)21(28)14-18)22(13-17(20)5-7-31-27)37-11-10-36-9-6-29/h2-4,8,12-15,31H,1,5-7,9-11,16,29H2,(H,34,35)(H,30,32,33)/t27-/m1/s1. The third-order valence-electron chi connectivity index (χ3n) is 6.10. The molecule has 2 aromatic carbocycles. The van der Waals surface area contributed by atoms with Gasteiger partial charge in [-0.05, 0) is 41.8 Å². The first kappa shape index (κ1) is 28.2. The lowest BCUT2D eigenvalue weighted by Gasteiger charge is -2.38. The van der Waals surface area contributed by atoms with Crippen molar-refractivity contribution in [2.75, 3.05) is 38.2 Å². The summed E-state index contributed by atoms with van der Waals surface area (Å²) in [6.07, 6.45) is 3.98. The summed E-state index contributed by atoms with van der Waals surface area (Å²) in [5.41, 5.74) is 5.75. The van der Waals surface area contributed by atoms with Crippen LogP contribution in [0.5, 0.6) is 17.2 Å². The first-order valence-corrected chi connectivity index (χ1v) is 13.1. The van der Waals surface area contributed by atoms with Gasteiger partial charge in [-0.25, -0.2) is 14.2 Å². The second kappa shape index (κ2) is 12.8. The molecule has 3 aromatic rings. The van der Waals surface area contributed by atoms with E-state index in [1.165, 1.54) is 17.4 Å². The number of rotatable bonds is 13. The van der Waals surface area contributed by atoms with E-state index in [1.807, 2.05) is 6.07 Å². The zero-order valence-electron chi connectivity index (χ0n) is 21.1. The molecule has 12 heteroatoms. The van der Waals surface area contributed by atoms with E-state index in [9.17, 15) is 14.0 Å². The van der Waals surface area contributed by atoms with Gasteiger partial charge in [-0.2, -0.15) is 0 Å². The Morgan fingerprint density at radius 3 is 2.79 bits per heavy atom. The largest absolute Gasteiger partial charge is 0.487 e. The number of carboxylic acid groups (broad SMARTS) is 1. The maximum atomic E-state index is 14.4. The summed E-state index contributed by atoms with van der Waals surface area (Å²) >= 11 is 1.32. The number of carbonyl (C=O) groups excluding carboxylic acids is 1. The summed E-state index contributed by atoms with van der Waals surface area (Å²) in [4.78, 5) is 28.3. The molecule has 2 heterocycles. The molecule has 206 valence electrons. The summed E-state index contributed by atoms with van der Waals surface area (Å²) in [5.74, 6) is -1.85. The van der Waals surface area contributed by atoms with Crippen LogP contribution in [0.15, 0.2) is 54.6 Å². The quantitative estimate of drug-likeness (QED) is 0.183. The Bertz CT molecular complexity index is 1340. The highest BCUT2D eigenvalue weighted by atomic mass is 32.1. The summed E-state index contributed by atoms with van der Waals surface area (Å²) in [7, 11) is 0. The molecule has 10 nitrogen and oxygen atoms in total. The van der Waals surface area contributed by atoms with E-state index in [0.29, 0.717) is 43.6 Å². The van der Waals surface area contributed by atoms with Crippen LogP contribution in [-0.4, -0.2) is 54.9 Å². The maximum Gasteiger partial charge on any atom is 0.338 e. The topological polar surface area (TPSA) is 145 Å². The monoisotopic (exact) mass is 556 g/mol. The molecular formula is C27H29FN4O6S. The fourth-order valence-corrected chi connectivity index (χ4v) is 4.85. The number of nitrogens with two attached hydrogens (primary N) is 1. The van der Waals surface area contributed by atoms with Crippen LogP contribution in [0.2, 0.25) is 0 Å². The van der Waals surface area contributed by atoms with Gasteiger partial charge >= 0.3 is 5.97 Å². The lowest BCUT2D eigenvalue weighted by Crippen LogP contribution is -2.48. The number of aromatic nitrogens is 1. The number of carbonyl (C=O) groups is 2. The zero-order chi connectivity index (χ0) is 27.8. The van der Waals surface area contributed by atoms with Gasteiger partial charge in [0.15, 0.2) is 16.6 Å². The van der Waals surface area contributed by atoms with Gasteiger partial charge in [0.05, 0.1) is 30.7 Å². The van der Waals surface area contributed by atoms with Gasteiger partial charge in [0.2, 0.25) is 5.91 Å². The van der Waals surface area contributed by atoms with Crippen molar-refractivity contribution >= 4 is 28.3 Å². The molecule has 0 fully saturated rings. The van der Waals surface area contributed by atoms with Crippen LogP contribution in [-0.2, 0) is 21.5 Å². The molecule has 4 rings (SSSR count). The Morgan fingerprint density at radius 2 is 2.10 bits per heavy atom. The van der Waals surface area contributed by atoms with Gasteiger partial charge in [0, 0.05) is 30.7 Å². The van der Waals surface area contributed by atoms with Gasteiger partial charge in [-0.3, -0.25) is 4.79 Å². The van der Waals surface area contributed by atoms with Crippen LogP contribution < -0.4 is 25.8 Å². The number of nitrogens with zero attached hydrogens (tertiary/aromatic N) is 1. The number of hydrogen-bond donors (Lipinski definition) is 4. The highest BCUT2D eigenvalue weighted by Gasteiger charge is 2.37. The van der Waals surface area contributed by atoms with Gasteiger partial charge < -0.3 is 35.7 Å². The van der Waals surface area contributed by atoms with Crippen LogP contribution in [0.4, 0.5) is 9.52 Å². The Labute approximate surface area is 228 Å². The molecule has 0 bridgehead atoms. The highest BCUT2D eigenvalue weighted by Crippen LogP contribution is 2.42. The van der Waals surface area contributed by atoms with Crippen molar-refractivity contribution in [3.63, 3.8) is 0 Å². The molecule has 1 amide bonds. The smallest absolute Gasteiger partial charge is 0.338 e. The zero-order valence-corrected chi connectivity index (χ0v) is 21.9. The van der Waals surface area contributed by atoms with Crippen molar-refractivity contribution in [3.8, 4) is 17.2 Å². The van der Waals surface area contributed by atoms with Gasteiger partial charge in [0.25, 0.3) is 0 Å². The van der Waals surface area contributed by atoms with Crippen LogP contribution in [0.3, 0.4) is 0 Å². The van der Waals surface area contributed by atoms with E-state index in [0.717, 1.165) is 23.3 Å². The maximum absolute atomic E-state index is 14.4. The summed E-state index contributed by atoms with van der Waals surface area (Å²) in [6.45, 7) is 5.87. The van der Waals surface area contributed by atoms with Crippen LogP contribution in [0.1, 0.15) is 27.9 Å². The van der Waals surface area contributed by atoms with E-state index in [4.69, 9.17) is 25.1 Å². The fourth-order valence-electron chi connectivity index (χ4n) is 4.30. The van der Waals surface area contributed by atoms with E-state index >= 15 is 0 Å². The van der Waals surface area contributed by atoms with Crippen molar-refractivity contribution in [1.82, 2.24) is 10.3 Å². The summed E-state index contributed by atoms with van der Waals surface area (Å²) in [5, 5.41) is 17.6. The molecular weight excluding hydrogens is 527 g/mol. The molecule has 1 aromatic heterocycles. The minimum Gasteiger partial charge on any atom is -0.487 e. The molecule has 1 atom stereocenters. The van der Waals surface area contributed by atoms with Crippen LogP contribution in [0, 0.1) is 5.82 Å². The van der Waals surface area contributed by atoms with Crippen molar-refractivity contribution in [2.24, 2.45) is 5.73 Å². The Morgan fingerprint density at radius 1 is 1.26 bits per heavy atom. The van der Waals surface area contributed by atoms with E-state index in [1.54, 1.807) is 23.7 Å². The number of nitrogens with one attached hydrogen (secondary N) is 2. The van der Waals surface area contributed by atoms with Gasteiger partial charge in [0.1, 0.15) is 18.2 Å². The molecule has 0 spiro atoms. The first-order valence-electron chi connectivity index (χ1n) is 12.2. The molecule has 1 aliphatic heterocycles. The third kappa shape index (κ3) is 6.79. The Kier molecular flexibility index (Phi) is 9.25. The lowest BCUT2D eigenvalue weighted by molar-refractivity contribution is -0.117. The number of thiazole rings is 1. The molecule has 0 saturated heterocycles. The first-order chi connectivity index (χ1) is 18.8. The van der Waals surface area contributed by atoms with Gasteiger partial charge in [-0.1, -0.05) is 6.08 Å². The molecule has 5 N–H and O–H groups in total. The van der Waals surface area contributed by atoms with Crippen molar-refractivity contribution in [2.45, 2.75) is 18.4 Å². The fraction of sp³-hybridized carbons (Fsp3) is 0.296. The molecule has 1 aliphatic rings. The number of halogens is 1. The highest BCUT2D eigenvalue weighted by molar-refractivity contribution is 7.13. The average Bonchev–Trinajstić information content (AvgIpc) is 3.41. The molecule has 0 saturated carbocycles. The number of hydrogen-bond acceptors (Lipinski definition) is 9. The second-order valence-corrected chi connectivity index (χ2v) is 9.56. The second-order valence-electron chi connectivity index (χ2n) is 8.67. The number of carboxylic acids is 1. The van der Waals surface area contributed by atoms with Crippen molar-refractivity contribution < 1.29 is 33.3 Å². The Hall–Kier alpha value is -3.84. The number of amides is 1. The van der Waals surface area contributed by atoms with E-state index in [2.05, 4.69) is 22.2 Å². The summed E-state index contributed by atoms with van der Waals surface area (Å²) < 4.78 is 31.7. The van der Waals surface area contributed by atoms with E-state index < -0.39 is 22.9 Å². The summed E-state index contributed by atoms with van der Waals surface area (Å²) in [6, 6.07) is 7.05. The van der Waals surface area contributed by atoms with E-state index in [-0.39, 0.29) is 30.4 Å². The lowest BCUT2D eigenvalue weighted by atomic mass is 9.79. The van der Waals surface area contributed by atoms with Crippen LogP contribution >= 0.6 is 11.3 Å². The number of fused-ring (bicyclic) bond motifs is 1. The molecule has 39 heavy (non-hydrogen) atoms. The number of aromatic carboxylic acids is 1. The number of benzene rings is 2. The molecule has 0 radical (unpaired) electrons. The van der Waals surface area contributed by atoms with Crippen molar-refractivity contribution in [1.29, 1.82) is 0 Å².